The first kappa shape index (κ1) is 21.7. The number of anilines is 1. The van der Waals surface area contributed by atoms with Gasteiger partial charge in [-0.2, -0.15) is 13.2 Å². The molecule has 28 heavy (non-hydrogen) atoms. The number of hydrogen-bond donors (Lipinski definition) is 1. The minimum Gasteiger partial charge on any atom is -0.350 e. The third kappa shape index (κ3) is 5.48. The summed E-state index contributed by atoms with van der Waals surface area (Å²) in [6, 6.07) is 11.1. The van der Waals surface area contributed by atoms with Gasteiger partial charge in [-0.15, -0.1) is 0 Å². The Morgan fingerprint density at radius 2 is 1.61 bits per heavy atom. The number of sulfonamides is 1. The summed E-state index contributed by atoms with van der Waals surface area (Å²) in [6.45, 7) is 4.48. The van der Waals surface area contributed by atoms with E-state index in [-0.39, 0.29) is 10.6 Å². The lowest BCUT2D eigenvalue weighted by molar-refractivity contribution is -0.137. The first-order valence-corrected chi connectivity index (χ1v) is 9.81. The molecule has 0 atom stereocenters. The summed E-state index contributed by atoms with van der Waals surface area (Å²) >= 11 is 0. The van der Waals surface area contributed by atoms with Gasteiger partial charge in [0.25, 0.3) is 10.0 Å². The second kappa shape index (κ2) is 7.83. The lowest BCUT2D eigenvalue weighted by atomic mass is 10.1. The molecule has 0 aliphatic heterocycles. The minimum atomic E-state index is -4.65. The predicted octanol–water partition coefficient (Wildman–Crippen LogP) is 3.82. The maximum atomic E-state index is 13.1. The van der Waals surface area contributed by atoms with Gasteiger partial charge in [-0.1, -0.05) is 24.3 Å². The van der Waals surface area contributed by atoms with Crippen molar-refractivity contribution in [2.45, 2.75) is 37.4 Å². The lowest BCUT2D eigenvalue weighted by Crippen LogP contribution is -2.47. The lowest BCUT2D eigenvalue weighted by Gasteiger charge is -2.27. The Kier molecular flexibility index (Phi) is 6.08. The van der Waals surface area contributed by atoms with Gasteiger partial charge in [-0.3, -0.25) is 9.10 Å². The van der Waals surface area contributed by atoms with Crippen LogP contribution in [0.3, 0.4) is 0 Å². The molecule has 0 saturated heterocycles. The molecule has 1 N–H and O–H groups in total. The Balaban J connectivity index is 2.53. The molecule has 0 aromatic heterocycles. The third-order valence-electron chi connectivity index (χ3n) is 3.59. The molecule has 0 aliphatic rings. The van der Waals surface area contributed by atoms with E-state index in [0.29, 0.717) is 10.4 Å². The van der Waals surface area contributed by atoms with Crippen LogP contribution in [-0.4, -0.2) is 26.4 Å². The normalized spacial score (nSPS) is 12.5. The number of rotatable bonds is 5. The molecular formula is C19H21F3N2O3S. The maximum Gasteiger partial charge on any atom is 0.416 e. The van der Waals surface area contributed by atoms with Gasteiger partial charge >= 0.3 is 6.18 Å². The van der Waals surface area contributed by atoms with Crippen molar-refractivity contribution in [3.05, 3.63) is 60.2 Å². The molecule has 1 amide bonds. The van der Waals surface area contributed by atoms with Crippen molar-refractivity contribution in [3.8, 4) is 0 Å². The van der Waals surface area contributed by atoms with Crippen molar-refractivity contribution >= 4 is 21.6 Å². The molecule has 0 heterocycles. The zero-order chi connectivity index (χ0) is 21.2. The Hall–Kier alpha value is -2.55. The molecule has 2 rings (SSSR count). The topological polar surface area (TPSA) is 66.5 Å². The van der Waals surface area contributed by atoms with Gasteiger partial charge in [0.2, 0.25) is 5.91 Å². The summed E-state index contributed by atoms with van der Waals surface area (Å²) in [5.41, 5.74) is -1.88. The molecule has 0 bridgehead atoms. The summed E-state index contributed by atoms with van der Waals surface area (Å²) in [5.74, 6) is -0.635. The second-order valence-electron chi connectivity index (χ2n) is 7.17. The summed E-state index contributed by atoms with van der Waals surface area (Å²) in [5, 5.41) is 2.62. The Labute approximate surface area is 162 Å². The minimum absolute atomic E-state index is 0.129. The van der Waals surface area contributed by atoms with E-state index in [4.69, 9.17) is 0 Å². The SMILES string of the molecule is CC(C)(C)NC(=O)CN(c1cccc(C(F)(F)F)c1)S(=O)(=O)c1ccccc1. The van der Waals surface area contributed by atoms with Crippen LogP contribution in [0.2, 0.25) is 0 Å². The molecule has 0 fully saturated rings. The van der Waals surface area contributed by atoms with Gasteiger partial charge in [-0.25, -0.2) is 8.42 Å². The maximum absolute atomic E-state index is 13.1. The van der Waals surface area contributed by atoms with Crippen molar-refractivity contribution in [1.29, 1.82) is 0 Å². The van der Waals surface area contributed by atoms with E-state index in [9.17, 15) is 26.4 Å². The van der Waals surface area contributed by atoms with E-state index in [1.807, 2.05) is 0 Å². The fourth-order valence-electron chi connectivity index (χ4n) is 2.46. The Morgan fingerprint density at radius 3 is 2.14 bits per heavy atom. The molecule has 152 valence electrons. The molecule has 0 spiro atoms. The Morgan fingerprint density at radius 1 is 1.00 bits per heavy atom. The van der Waals surface area contributed by atoms with Gasteiger partial charge in [0.05, 0.1) is 16.1 Å². The van der Waals surface area contributed by atoms with E-state index in [1.54, 1.807) is 26.8 Å². The first-order chi connectivity index (χ1) is 12.8. The Bertz CT molecular complexity index is 937. The van der Waals surface area contributed by atoms with Crippen molar-refractivity contribution in [2.75, 3.05) is 10.8 Å². The number of carbonyl (C=O) groups is 1. The summed E-state index contributed by atoms with van der Waals surface area (Å²) in [4.78, 5) is 12.2. The summed E-state index contributed by atoms with van der Waals surface area (Å²) in [6.07, 6.45) is -4.65. The van der Waals surface area contributed by atoms with Crippen molar-refractivity contribution in [3.63, 3.8) is 0 Å². The predicted molar refractivity (Wildman–Crippen MR) is 100 cm³/mol. The standard InChI is InChI=1S/C19H21F3N2O3S/c1-18(2,3)23-17(25)13-24(28(26,27)16-10-5-4-6-11-16)15-9-7-8-14(12-15)19(20,21)22/h4-12H,13H2,1-3H3,(H,23,25). The van der Waals surface area contributed by atoms with Gasteiger partial charge in [-0.05, 0) is 51.1 Å². The first-order valence-electron chi connectivity index (χ1n) is 8.37. The van der Waals surface area contributed by atoms with Crippen LogP contribution in [0.1, 0.15) is 26.3 Å². The van der Waals surface area contributed by atoms with Crippen LogP contribution in [0.5, 0.6) is 0 Å². The highest BCUT2D eigenvalue weighted by atomic mass is 32.2. The average Bonchev–Trinajstić information content (AvgIpc) is 2.58. The largest absolute Gasteiger partial charge is 0.416 e. The summed E-state index contributed by atoms with van der Waals surface area (Å²) < 4.78 is 66.1. The molecule has 9 heteroatoms. The highest BCUT2D eigenvalue weighted by molar-refractivity contribution is 7.92. The second-order valence-corrected chi connectivity index (χ2v) is 9.03. The number of carbonyl (C=O) groups excluding carboxylic acids is 1. The van der Waals surface area contributed by atoms with E-state index in [0.717, 1.165) is 12.1 Å². The molecule has 5 nitrogen and oxygen atoms in total. The summed E-state index contributed by atoms with van der Waals surface area (Å²) in [7, 11) is -4.26. The molecule has 0 aliphatic carbocycles. The third-order valence-corrected chi connectivity index (χ3v) is 5.38. The fourth-order valence-corrected chi connectivity index (χ4v) is 3.89. The van der Waals surface area contributed by atoms with Crippen LogP contribution in [0.15, 0.2) is 59.5 Å². The highest BCUT2D eigenvalue weighted by Crippen LogP contribution is 2.33. The fraction of sp³-hybridized carbons (Fsp3) is 0.316. The highest BCUT2D eigenvalue weighted by Gasteiger charge is 2.33. The van der Waals surface area contributed by atoms with Gasteiger partial charge in [0.1, 0.15) is 6.54 Å². The molecule has 2 aromatic carbocycles. The van der Waals surface area contributed by atoms with Gasteiger partial charge in [0, 0.05) is 5.54 Å². The molecule has 0 saturated carbocycles. The zero-order valence-electron chi connectivity index (χ0n) is 15.6. The molecule has 0 radical (unpaired) electrons. The van der Waals surface area contributed by atoms with E-state index >= 15 is 0 Å². The monoisotopic (exact) mass is 414 g/mol. The van der Waals surface area contributed by atoms with Crippen LogP contribution in [-0.2, 0) is 21.0 Å². The average molecular weight is 414 g/mol. The number of hydrogen-bond acceptors (Lipinski definition) is 3. The van der Waals surface area contributed by atoms with Crippen molar-refractivity contribution < 1.29 is 26.4 Å². The van der Waals surface area contributed by atoms with E-state index < -0.39 is 39.8 Å². The van der Waals surface area contributed by atoms with Crippen LogP contribution < -0.4 is 9.62 Å². The van der Waals surface area contributed by atoms with E-state index in [1.165, 1.54) is 30.3 Å². The number of benzene rings is 2. The number of nitrogens with one attached hydrogen (secondary N) is 1. The smallest absolute Gasteiger partial charge is 0.350 e. The van der Waals surface area contributed by atoms with Crippen LogP contribution >= 0.6 is 0 Å². The quantitative estimate of drug-likeness (QED) is 0.809. The van der Waals surface area contributed by atoms with Crippen molar-refractivity contribution in [2.24, 2.45) is 0 Å². The number of halogens is 3. The van der Waals surface area contributed by atoms with Gasteiger partial charge < -0.3 is 5.32 Å². The molecular weight excluding hydrogens is 393 g/mol. The number of amides is 1. The van der Waals surface area contributed by atoms with Crippen LogP contribution in [0.25, 0.3) is 0 Å². The molecule has 2 aromatic rings. The van der Waals surface area contributed by atoms with Gasteiger partial charge in [0.15, 0.2) is 0 Å². The number of nitrogens with zero attached hydrogens (tertiary/aromatic N) is 1. The van der Waals surface area contributed by atoms with Crippen LogP contribution in [0, 0.1) is 0 Å². The van der Waals surface area contributed by atoms with E-state index in [2.05, 4.69) is 5.32 Å². The van der Waals surface area contributed by atoms with Crippen LogP contribution in [0.4, 0.5) is 18.9 Å². The molecule has 0 unspecified atom stereocenters. The number of alkyl halides is 3. The zero-order valence-corrected chi connectivity index (χ0v) is 16.4. The van der Waals surface area contributed by atoms with Crippen molar-refractivity contribution in [1.82, 2.24) is 5.32 Å².